The molecule has 0 saturated heterocycles. The lowest BCUT2D eigenvalue weighted by atomic mass is 10.2. The Morgan fingerprint density at radius 1 is 1.08 bits per heavy atom. The molecule has 0 unspecified atom stereocenters. The van der Waals surface area contributed by atoms with Crippen LogP contribution >= 0.6 is 34.8 Å². The summed E-state index contributed by atoms with van der Waals surface area (Å²) in [6.45, 7) is 1.90. The van der Waals surface area contributed by atoms with Crippen molar-refractivity contribution in [1.29, 1.82) is 0 Å². The molecule has 0 atom stereocenters. The third-order valence-corrected chi connectivity index (χ3v) is 2.22. The minimum absolute atomic E-state index is 0.554. The fourth-order valence-corrected chi connectivity index (χ4v) is 1.82. The van der Waals surface area contributed by atoms with Gasteiger partial charge in [-0.1, -0.05) is 47.0 Å². The second-order valence-corrected chi connectivity index (χ2v) is 3.53. The van der Waals surface area contributed by atoms with E-state index in [1.807, 2.05) is 19.1 Å². The van der Waals surface area contributed by atoms with Crippen LogP contribution in [0.5, 0.6) is 0 Å². The van der Waals surface area contributed by atoms with Gasteiger partial charge in [0.15, 0.2) is 0 Å². The first-order valence-electron chi connectivity index (χ1n) is 3.42. The van der Waals surface area contributed by atoms with Crippen LogP contribution in [0.15, 0.2) is 18.2 Å². The number of benzene rings is 1. The molecule has 3 heteroatoms. The lowest BCUT2D eigenvalue weighted by molar-refractivity contribution is 1.64. The zero-order chi connectivity index (χ0) is 9.14. The Kier molecular flexibility index (Phi) is 3.45. The van der Waals surface area contributed by atoms with Crippen LogP contribution in [0.25, 0.3) is 6.08 Å². The van der Waals surface area contributed by atoms with E-state index in [4.69, 9.17) is 34.8 Å². The Labute approximate surface area is 86.7 Å². The average Bonchev–Trinajstić information content (AvgIpc) is 1.96. The first-order valence-corrected chi connectivity index (χ1v) is 4.55. The van der Waals surface area contributed by atoms with Crippen molar-refractivity contribution in [2.75, 3.05) is 0 Å². The molecule has 0 spiro atoms. The molecule has 12 heavy (non-hydrogen) atoms. The van der Waals surface area contributed by atoms with Gasteiger partial charge in [-0.15, -0.1) is 0 Å². The summed E-state index contributed by atoms with van der Waals surface area (Å²) < 4.78 is 0. The molecule has 1 aromatic carbocycles. The summed E-state index contributed by atoms with van der Waals surface area (Å²) >= 11 is 17.5. The van der Waals surface area contributed by atoms with Crippen LogP contribution < -0.4 is 0 Å². The molecular weight excluding hydrogens is 214 g/mol. The summed E-state index contributed by atoms with van der Waals surface area (Å²) in [4.78, 5) is 0. The highest BCUT2D eigenvalue weighted by Crippen LogP contribution is 2.29. The zero-order valence-corrected chi connectivity index (χ0v) is 8.71. The Balaban J connectivity index is 3.28. The molecule has 0 heterocycles. The molecule has 0 aromatic heterocycles. The monoisotopic (exact) mass is 220 g/mol. The molecule has 0 aliphatic carbocycles. The second kappa shape index (κ2) is 4.18. The molecule has 1 aromatic rings. The van der Waals surface area contributed by atoms with Crippen molar-refractivity contribution >= 4 is 40.9 Å². The van der Waals surface area contributed by atoms with Crippen molar-refractivity contribution in [1.82, 2.24) is 0 Å². The second-order valence-electron chi connectivity index (χ2n) is 2.28. The van der Waals surface area contributed by atoms with E-state index in [0.717, 1.165) is 5.56 Å². The summed E-state index contributed by atoms with van der Waals surface area (Å²) in [5, 5.41) is 1.70. The third kappa shape index (κ3) is 2.16. The lowest BCUT2D eigenvalue weighted by Crippen LogP contribution is -1.77. The van der Waals surface area contributed by atoms with Crippen molar-refractivity contribution in [3.8, 4) is 0 Å². The molecule has 0 bridgehead atoms. The van der Waals surface area contributed by atoms with Crippen LogP contribution in [0.4, 0.5) is 0 Å². The normalized spacial score (nSPS) is 11.0. The fraction of sp³-hybridized carbons (Fsp3) is 0.111. The largest absolute Gasteiger partial charge is 0.0870 e. The summed E-state index contributed by atoms with van der Waals surface area (Å²) in [7, 11) is 0. The number of halogens is 3. The van der Waals surface area contributed by atoms with E-state index < -0.39 is 0 Å². The van der Waals surface area contributed by atoms with Crippen LogP contribution in [-0.4, -0.2) is 0 Å². The standard InChI is InChI=1S/C9H7Cl3/c1-2-3-7-8(11)4-6(10)5-9(7)12/h2-5H,1H3/b3-2+. The van der Waals surface area contributed by atoms with Gasteiger partial charge in [-0.2, -0.15) is 0 Å². The van der Waals surface area contributed by atoms with E-state index >= 15 is 0 Å². The molecular formula is C9H7Cl3. The number of hydrogen-bond acceptors (Lipinski definition) is 0. The van der Waals surface area contributed by atoms with Gasteiger partial charge in [-0.05, 0) is 19.1 Å². The maximum absolute atomic E-state index is 5.89. The van der Waals surface area contributed by atoms with Crippen LogP contribution in [0.2, 0.25) is 15.1 Å². The Morgan fingerprint density at radius 3 is 2.00 bits per heavy atom. The smallest absolute Gasteiger partial charge is 0.0508 e. The molecule has 0 aliphatic heterocycles. The van der Waals surface area contributed by atoms with Crippen LogP contribution in [0, 0.1) is 0 Å². The topological polar surface area (TPSA) is 0 Å². The quantitative estimate of drug-likeness (QED) is 0.646. The number of hydrogen-bond donors (Lipinski definition) is 0. The predicted molar refractivity (Wildman–Crippen MR) is 56.2 cm³/mol. The third-order valence-electron chi connectivity index (χ3n) is 1.38. The van der Waals surface area contributed by atoms with Gasteiger partial charge < -0.3 is 0 Å². The van der Waals surface area contributed by atoms with Gasteiger partial charge in [0, 0.05) is 10.6 Å². The Bertz CT molecular complexity index is 293. The highest BCUT2D eigenvalue weighted by molar-refractivity contribution is 6.40. The molecule has 0 fully saturated rings. The van der Waals surface area contributed by atoms with Gasteiger partial charge in [0.2, 0.25) is 0 Å². The van der Waals surface area contributed by atoms with E-state index in [1.54, 1.807) is 12.1 Å². The Morgan fingerprint density at radius 2 is 1.58 bits per heavy atom. The van der Waals surface area contributed by atoms with Gasteiger partial charge in [-0.25, -0.2) is 0 Å². The molecule has 64 valence electrons. The maximum atomic E-state index is 5.89. The average molecular weight is 222 g/mol. The van der Waals surface area contributed by atoms with Crippen molar-refractivity contribution in [2.24, 2.45) is 0 Å². The predicted octanol–water partition coefficient (Wildman–Crippen LogP) is 4.68. The van der Waals surface area contributed by atoms with E-state index in [0.29, 0.717) is 15.1 Å². The highest BCUT2D eigenvalue weighted by Gasteiger charge is 2.03. The van der Waals surface area contributed by atoms with E-state index in [1.165, 1.54) is 0 Å². The van der Waals surface area contributed by atoms with Gasteiger partial charge >= 0.3 is 0 Å². The molecule has 0 radical (unpaired) electrons. The summed E-state index contributed by atoms with van der Waals surface area (Å²) in [6.07, 6.45) is 3.72. The Hall–Kier alpha value is -0.170. The number of allylic oxidation sites excluding steroid dienone is 1. The minimum atomic E-state index is 0.554. The number of rotatable bonds is 1. The van der Waals surface area contributed by atoms with Crippen LogP contribution in [-0.2, 0) is 0 Å². The molecule has 1 rings (SSSR count). The van der Waals surface area contributed by atoms with Crippen molar-refractivity contribution < 1.29 is 0 Å². The van der Waals surface area contributed by atoms with Crippen molar-refractivity contribution in [3.63, 3.8) is 0 Å². The van der Waals surface area contributed by atoms with Gasteiger partial charge in [-0.3, -0.25) is 0 Å². The fourth-order valence-electron chi connectivity index (χ4n) is 0.879. The zero-order valence-electron chi connectivity index (χ0n) is 6.44. The van der Waals surface area contributed by atoms with Gasteiger partial charge in [0.1, 0.15) is 0 Å². The molecule has 0 N–H and O–H groups in total. The lowest BCUT2D eigenvalue weighted by Gasteiger charge is -2.01. The van der Waals surface area contributed by atoms with E-state index in [9.17, 15) is 0 Å². The highest BCUT2D eigenvalue weighted by atomic mass is 35.5. The maximum Gasteiger partial charge on any atom is 0.0508 e. The van der Waals surface area contributed by atoms with Crippen molar-refractivity contribution in [2.45, 2.75) is 6.92 Å². The van der Waals surface area contributed by atoms with Gasteiger partial charge in [0.05, 0.1) is 10.0 Å². The molecule has 0 aliphatic rings. The first-order chi connectivity index (χ1) is 5.65. The van der Waals surface area contributed by atoms with Gasteiger partial charge in [0.25, 0.3) is 0 Å². The SMILES string of the molecule is C/C=C/c1c(Cl)cc(Cl)cc1Cl. The first kappa shape index (κ1) is 9.91. The summed E-state index contributed by atoms with van der Waals surface area (Å²) in [5.41, 5.74) is 0.810. The van der Waals surface area contributed by atoms with Crippen molar-refractivity contribution in [3.05, 3.63) is 38.8 Å². The molecule has 0 amide bonds. The van der Waals surface area contributed by atoms with E-state index in [-0.39, 0.29) is 0 Å². The van der Waals surface area contributed by atoms with Crippen LogP contribution in [0.3, 0.4) is 0 Å². The molecule has 0 saturated carbocycles. The summed E-state index contributed by atoms with van der Waals surface area (Å²) in [6, 6.07) is 3.34. The summed E-state index contributed by atoms with van der Waals surface area (Å²) in [5.74, 6) is 0. The van der Waals surface area contributed by atoms with E-state index in [2.05, 4.69) is 0 Å². The minimum Gasteiger partial charge on any atom is -0.0870 e. The molecule has 0 nitrogen and oxygen atoms in total. The van der Waals surface area contributed by atoms with Crippen LogP contribution in [0.1, 0.15) is 12.5 Å².